The number of sulfonamides is 1. The van der Waals surface area contributed by atoms with E-state index in [2.05, 4.69) is 0 Å². The van der Waals surface area contributed by atoms with Crippen LogP contribution in [-0.4, -0.2) is 42.3 Å². The van der Waals surface area contributed by atoms with Crippen molar-refractivity contribution in [3.05, 3.63) is 0 Å². The molecular weight excluding hydrogens is 226 g/mol. The fourth-order valence-corrected chi connectivity index (χ4v) is 3.29. The zero-order valence-electron chi connectivity index (χ0n) is 11.0. The van der Waals surface area contributed by atoms with Crippen LogP contribution >= 0.6 is 0 Å². The van der Waals surface area contributed by atoms with E-state index in [9.17, 15) is 13.5 Å². The summed E-state index contributed by atoms with van der Waals surface area (Å²) in [5.41, 5.74) is -0.985. The summed E-state index contributed by atoms with van der Waals surface area (Å²) in [5, 5.41) is 9.65. The molecule has 0 radical (unpaired) electrons. The van der Waals surface area contributed by atoms with E-state index in [0.29, 0.717) is 18.9 Å². The third-order valence-electron chi connectivity index (χ3n) is 2.26. The molecule has 0 aliphatic rings. The van der Waals surface area contributed by atoms with Crippen LogP contribution in [0.15, 0.2) is 0 Å². The molecule has 0 aliphatic heterocycles. The molecule has 0 rings (SSSR count). The number of likely N-dealkylation sites (N-methyl/N-ethyl adjacent to an activating group) is 1. The van der Waals surface area contributed by atoms with E-state index in [0.717, 1.165) is 0 Å². The molecule has 0 aromatic rings. The van der Waals surface area contributed by atoms with Crippen molar-refractivity contribution < 1.29 is 13.5 Å². The lowest BCUT2D eigenvalue weighted by atomic mass is 10.1. The summed E-state index contributed by atoms with van der Waals surface area (Å²) in [6.07, 6.45) is 0.657. The first-order valence-electron chi connectivity index (χ1n) is 5.78. The highest BCUT2D eigenvalue weighted by atomic mass is 32.2. The van der Waals surface area contributed by atoms with E-state index in [4.69, 9.17) is 0 Å². The zero-order valence-corrected chi connectivity index (χ0v) is 11.8. The summed E-state index contributed by atoms with van der Waals surface area (Å²) >= 11 is 0. The molecular formula is C11H25NO3S. The summed E-state index contributed by atoms with van der Waals surface area (Å²) in [5.74, 6) is 0.532. The largest absolute Gasteiger partial charge is 0.389 e. The van der Waals surface area contributed by atoms with Crippen molar-refractivity contribution in [1.82, 2.24) is 4.31 Å². The Morgan fingerprint density at radius 3 is 2.12 bits per heavy atom. The van der Waals surface area contributed by atoms with Gasteiger partial charge in [-0.1, -0.05) is 20.8 Å². The van der Waals surface area contributed by atoms with E-state index >= 15 is 0 Å². The molecule has 1 N–H and O–H groups in total. The van der Waals surface area contributed by atoms with Gasteiger partial charge in [-0.15, -0.1) is 0 Å². The van der Waals surface area contributed by atoms with Gasteiger partial charge in [0.15, 0.2) is 0 Å². The van der Waals surface area contributed by atoms with Gasteiger partial charge in [0.05, 0.1) is 11.4 Å². The lowest BCUT2D eigenvalue weighted by molar-refractivity contribution is 0.0601. The molecule has 0 aromatic heterocycles. The summed E-state index contributed by atoms with van der Waals surface area (Å²) < 4.78 is 25.3. The van der Waals surface area contributed by atoms with Gasteiger partial charge in [0.2, 0.25) is 10.0 Å². The monoisotopic (exact) mass is 251 g/mol. The van der Waals surface area contributed by atoms with Gasteiger partial charge in [0.25, 0.3) is 0 Å². The van der Waals surface area contributed by atoms with Crippen LogP contribution in [0.5, 0.6) is 0 Å². The van der Waals surface area contributed by atoms with Crippen molar-refractivity contribution in [2.75, 3.05) is 18.8 Å². The van der Waals surface area contributed by atoms with Crippen LogP contribution < -0.4 is 0 Å². The maximum Gasteiger partial charge on any atom is 0.214 e. The molecule has 0 unspecified atom stereocenters. The Balaban J connectivity index is 4.56. The molecule has 0 atom stereocenters. The topological polar surface area (TPSA) is 57.6 Å². The normalized spacial score (nSPS) is 13.8. The summed E-state index contributed by atoms with van der Waals surface area (Å²) in [7, 11) is -3.23. The second-order valence-corrected chi connectivity index (χ2v) is 7.33. The highest BCUT2D eigenvalue weighted by Gasteiger charge is 2.26. The maximum atomic E-state index is 12.0. The zero-order chi connectivity index (χ0) is 13.0. The van der Waals surface area contributed by atoms with Crippen molar-refractivity contribution in [2.24, 2.45) is 5.92 Å². The van der Waals surface area contributed by atoms with Crippen LogP contribution in [0.3, 0.4) is 0 Å². The average Bonchev–Trinajstić information content (AvgIpc) is 2.09. The van der Waals surface area contributed by atoms with E-state index < -0.39 is 15.6 Å². The third-order valence-corrected chi connectivity index (χ3v) is 4.19. The fourth-order valence-electron chi connectivity index (χ4n) is 1.35. The van der Waals surface area contributed by atoms with Gasteiger partial charge in [-0.05, 0) is 26.2 Å². The Kier molecular flexibility index (Phi) is 5.93. The maximum absolute atomic E-state index is 12.0. The van der Waals surface area contributed by atoms with E-state index in [-0.39, 0.29) is 12.3 Å². The number of aliphatic hydroxyl groups is 1. The van der Waals surface area contributed by atoms with Crippen molar-refractivity contribution in [3.8, 4) is 0 Å². The number of hydrogen-bond acceptors (Lipinski definition) is 3. The second kappa shape index (κ2) is 5.98. The number of nitrogens with zero attached hydrogens (tertiary/aromatic N) is 1. The van der Waals surface area contributed by atoms with Crippen molar-refractivity contribution >= 4 is 10.0 Å². The SMILES string of the molecule is CCN(CC(C)(C)O)S(=O)(=O)CCC(C)C. The van der Waals surface area contributed by atoms with Crippen LogP contribution in [0.1, 0.15) is 41.0 Å². The molecule has 0 heterocycles. The van der Waals surface area contributed by atoms with Gasteiger partial charge in [-0.2, -0.15) is 4.31 Å². The highest BCUT2D eigenvalue weighted by Crippen LogP contribution is 2.12. The van der Waals surface area contributed by atoms with E-state index in [1.54, 1.807) is 20.8 Å². The van der Waals surface area contributed by atoms with Crippen LogP contribution in [0, 0.1) is 5.92 Å². The highest BCUT2D eigenvalue weighted by molar-refractivity contribution is 7.89. The smallest absolute Gasteiger partial charge is 0.214 e. The first kappa shape index (κ1) is 15.9. The molecule has 0 saturated carbocycles. The van der Waals surface area contributed by atoms with E-state index in [1.165, 1.54) is 4.31 Å². The molecule has 0 aromatic carbocycles. The Morgan fingerprint density at radius 2 is 1.81 bits per heavy atom. The number of rotatable bonds is 7. The minimum absolute atomic E-state index is 0.157. The van der Waals surface area contributed by atoms with Gasteiger partial charge in [-0.3, -0.25) is 0 Å². The third kappa shape index (κ3) is 6.45. The van der Waals surface area contributed by atoms with Gasteiger partial charge >= 0.3 is 0 Å². The quantitative estimate of drug-likeness (QED) is 0.745. The Hall–Kier alpha value is -0.130. The summed E-state index contributed by atoms with van der Waals surface area (Å²) in [4.78, 5) is 0. The molecule has 5 heteroatoms. The molecule has 0 fully saturated rings. The fraction of sp³-hybridized carbons (Fsp3) is 1.00. The van der Waals surface area contributed by atoms with Crippen LogP contribution in [0.2, 0.25) is 0 Å². The molecule has 0 saturated heterocycles. The summed E-state index contributed by atoms with van der Waals surface area (Å²) in [6.45, 7) is 9.60. The lowest BCUT2D eigenvalue weighted by Crippen LogP contribution is -2.43. The van der Waals surface area contributed by atoms with Gasteiger partial charge in [0, 0.05) is 13.1 Å². The first-order chi connectivity index (χ1) is 7.08. The standard InChI is InChI=1S/C11H25NO3S/c1-6-12(9-11(4,5)13)16(14,15)8-7-10(2)3/h10,13H,6-9H2,1-5H3. The average molecular weight is 251 g/mol. The van der Waals surface area contributed by atoms with Gasteiger partial charge in [0.1, 0.15) is 0 Å². The molecule has 0 amide bonds. The lowest BCUT2D eigenvalue weighted by Gasteiger charge is -2.27. The van der Waals surface area contributed by atoms with Gasteiger partial charge < -0.3 is 5.11 Å². The van der Waals surface area contributed by atoms with Gasteiger partial charge in [-0.25, -0.2) is 8.42 Å². The van der Waals surface area contributed by atoms with Crippen molar-refractivity contribution in [3.63, 3.8) is 0 Å². The molecule has 4 nitrogen and oxygen atoms in total. The Bertz CT molecular complexity index is 291. The predicted octanol–water partition coefficient (Wildman–Crippen LogP) is 1.46. The second-order valence-electron chi connectivity index (χ2n) is 5.24. The number of hydrogen-bond donors (Lipinski definition) is 1. The molecule has 16 heavy (non-hydrogen) atoms. The molecule has 0 spiro atoms. The van der Waals surface area contributed by atoms with Crippen LogP contribution in [0.4, 0.5) is 0 Å². The Morgan fingerprint density at radius 1 is 1.31 bits per heavy atom. The van der Waals surface area contributed by atoms with Crippen molar-refractivity contribution in [2.45, 2.75) is 46.6 Å². The Labute approximate surface area is 99.7 Å². The van der Waals surface area contributed by atoms with Crippen LogP contribution in [0.25, 0.3) is 0 Å². The van der Waals surface area contributed by atoms with Crippen molar-refractivity contribution in [1.29, 1.82) is 0 Å². The minimum Gasteiger partial charge on any atom is -0.389 e. The predicted molar refractivity (Wildman–Crippen MR) is 66.8 cm³/mol. The van der Waals surface area contributed by atoms with Crippen LogP contribution in [-0.2, 0) is 10.0 Å². The summed E-state index contributed by atoms with van der Waals surface area (Å²) in [6, 6.07) is 0. The first-order valence-corrected chi connectivity index (χ1v) is 7.39. The van der Waals surface area contributed by atoms with E-state index in [1.807, 2.05) is 13.8 Å². The molecule has 98 valence electrons. The minimum atomic E-state index is -3.23. The molecule has 0 bridgehead atoms. The molecule has 0 aliphatic carbocycles.